The maximum atomic E-state index is 6.25. The second-order valence-electron chi connectivity index (χ2n) is 4.73. The third-order valence-electron chi connectivity index (χ3n) is 3.70. The predicted octanol–water partition coefficient (Wildman–Crippen LogP) is 2.93. The van der Waals surface area contributed by atoms with Gasteiger partial charge in [-0.15, -0.1) is 0 Å². The summed E-state index contributed by atoms with van der Waals surface area (Å²) in [4.78, 5) is 0. The van der Waals surface area contributed by atoms with Crippen molar-refractivity contribution >= 4 is 0 Å². The van der Waals surface area contributed by atoms with Gasteiger partial charge in [0.25, 0.3) is 0 Å². The summed E-state index contributed by atoms with van der Waals surface area (Å²) in [5, 5.41) is 0. The first-order valence-corrected chi connectivity index (χ1v) is 6.35. The van der Waals surface area contributed by atoms with E-state index in [0.717, 1.165) is 29.0 Å². The number of benzene rings is 2. The highest BCUT2D eigenvalue weighted by Gasteiger charge is 2.26. The summed E-state index contributed by atoms with van der Waals surface area (Å²) in [6.45, 7) is 0. The number of nitrogens with two attached hydrogens (primary N) is 1. The fraction of sp³-hybridized carbons (Fsp3) is 0.250. The normalized spacial score (nSPS) is 16.5. The SMILES string of the molecule is COc1ccc2c(c1OC)-c1ccccc1[C@@H](N)C2. The van der Waals surface area contributed by atoms with Crippen LogP contribution in [0, 0.1) is 0 Å². The molecular weight excluding hydrogens is 238 g/mol. The molecule has 0 bridgehead atoms. The van der Waals surface area contributed by atoms with Crippen molar-refractivity contribution in [3.8, 4) is 22.6 Å². The van der Waals surface area contributed by atoms with E-state index in [2.05, 4.69) is 18.2 Å². The van der Waals surface area contributed by atoms with Crippen LogP contribution in [-0.2, 0) is 6.42 Å². The average molecular weight is 255 g/mol. The van der Waals surface area contributed by atoms with Gasteiger partial charge in [-0.2, -0.15) is 0 Å². The molecule has 3 rings (SSSR count). The van der Waals surface area contributed by atoms with Crippen LogP contribution < -0.4 is 15.2 Å². The van der Waals surface area contributed by atoms with E-state index < -0.39 is 0 Å². The molecule has 19 heavy (non-hydrogen) atoms. The van der Waals surface area contributed by atoms with Crippen LogP contribution in [-0.4, -0.2) is 14.2 Å². The highest BCUT2D eigenvalue weighted by atomic mass is 16.5. The summed E-state index contributed by atoms with van der Waals surface area (Å²) in [5.41, 5.74) is 10.9. The summed E-state index contributed by atoms with van der Waals surface area (Å²) < 4.78 is 10.9. The molecule has 0 aromatic heterocycles. The molecule has 0 unspecified atom stereocenters. The van der Waals surface area contributed by atoms with E-state index in [1.54, 1.807) is 14.2 Å². The molecule has 0 spiro atoms. The van der Waals surface area contributed by atoms with E-state index in [0.29, 0.717) is 0 Å². The molecular formula is C16H17NO2. The van der Waals surface area contributed by atoms with Crippen molar-refractivity contribution in [2.24, 2.45) is 5.73 Å². The monoisotopic (exact) mass is 255 g/mol. The maximum absolute atomic E-state index is 6.25. The summed E-state index contributed by atoms with van der Waals surface area (Å²) >= 11 is 0. The lowest BCUT2D eigenvalue weighted by atomic mass is 9.82. The zero-order valence-electron chi connectivity index (χ0n) is 11.1. The number of hydrogen-bond donors (Lipinski definition) is 1. The number of ether oxygens (including phenoxy) is 2. The average Bonchev–Trinajstić information content (AvgIpc) is 2.46. The zero-order chi connectivity index (χ0) is 13.4. The fourth-order valence-electron chi connectivity index (χ4n) is 2.83. The van der Waals surface area contributed by atoms with Crippen molar-refractivity contribution in [2.75, 3.05) is 14.2 Å². The summed E-state index contributed by atoms with van der Waals surface area (Å²) in [7, 11) is 3.33. The smallest absolute Gasteiger partial charge is 0.168 e. The Balaban J connectivity index is 2.31. The highest BCUT2D eigenvalue weighted by molar-refractivity contribution is 5.81. The molecule has 2 aromatic rings. The summed E-state index contributed by atoms with van der Waals surface area (Å²) in [5.74, 6) is 1.55. The van der Waals surface area contributed by atoms with Gasteiger partial charge < -0.3 is 15.2 Å². The number of fused-ring (bicyclic) bond motifs is 3. The minimum Gasteiger partial charge on any atom is -0.493 e. The van der Waals surface area contributed by atoms with E-state index in [1.165, 1.54) is 11.1 Å². The molecule has 0 saturated carbocycles. The van der Waals surface area contributed by atoms with Crippen LogP contribution in [0.25, 0.3) is 11.1 Å². The van der Waals surface area contributed by atoms with Crippen molar-refractivity contribution in [1.29, 1.82) is 0 Å². The van der Waals surface area contributed by atoms with Crippen molar-refractivity contribution in [3.05, 3.63) is 47.5 Å². The number of rotatable bonds is 2. The summed E-state index contributed by atoms with van der Waals surface area (Å²) in [6, 6.07) is 12.3. The van der Waals surface area contributed by atoms with Crippen molar-refractivity contribution < 1.29 is 9.47 Å². The highest BCUT2D eigenvalue weighted by Crippen LogP contribution is 2.46. The van der Waals surface area contributed by atoms with Crippen LogP contribution in [0.15, 0.2) is 36.4 Å². The van der Waals surface area contributed by atoms with Crippen LogP contribution in [0.4, 0.5) is 0 Å². The molecule has 1 aliphatic rings. The fourth-order valence-corrected chi connectivity index (χ4v) is 2.83. The molecule has 0 saturated heterocycles. The third-order valence-corrected chi connectivity index (χ3v) is 3.70. The first kappa shape index (κ1) is 12.1. The Morgan fingerprint density at radius 3 is 2.58 bits per heavy atom. The molecule has 98 valence electrons. The molecule has 0 aliphatic heterocycles. The number of methoxy groups -OCH3 is 2. The van der Waals surface area contributed by atoms with Crippen LogP contribution in [0.2, 0.25) is 0 Å². The van der Waals surface area contributed by atoms with Crippen molar-refractivity contribution in [2.45, 2.75) is 12.5 Å². The second kappa shape index (κ2) is 4.59. The summed E-state index contributed by atoms with van der Waals surface area (Å²) in [6.07, 6.45) is 0.826. The van der Waals surface area contributed by atoms with Crippen LogP contribution in [0.1, 0.15) is 17.2 Å². The van der Waals surface area contributed by atoms with Gasteiger partial charge in [-0.25, -0.2) is 0 Å². The standard InChI is InChI=1S/C16H17NO2/c1-18-14-8-7-10-9-13(17)11-5-3-4-6-12(11)15(10)16(14)19-2/h3-8,13H,9,17H2,1-2H3/t13-/m0/s1. The van der Waals surface area contributed by atoms with E-state index in [4.69, 9.17) is 15.2 Å². The number of hydrogen-bond acceptors (Lipinski definition) is 3. The van der Waals surface area contributed by atoms with Gasteiger partial charge in [-0.1, -0.05) is 30.3 Å². The van der Waals surface area contributed by atoms with Gasteiger partial charge in [0.1, 0.15) is 0 Å². The third kappa shape index (κ3) is 1.78. The Morgan fingerprint density at radius 2 is 1.84 bits per heavy atom. The molecule has 0 radical (unpaired) electrons. The molecule has 3 heteroatoms. The molecule has 1 aliphatic carbocycles. The first-order valence-electron chi connectivity index (χ1n) is 6.35. The first-order chi connectivity index (χ1) is 9.26. The quantitative estimate of drug-likeness (QED) is 0.897. The van der Waals surface area contributed by atoms with E-state index >= 15 is 0 Å². The lowest BCUT2D eigenvalue weighted by Gasteiger charge is -2.27. The zero-order valence-corrected chi connectivity index (χ0v) is 11.1. The van der Waals surface area contributed by atoms with Gasteiger partial charge in [0.15, 0.2) is 11.5 Å². The largest absolute Gasteiger partial charge is 0.493 e. The Kier molecular flexibility index (Phi) is 2.91. The van der Waals surface area contributed by atoms with Crippen LogP contribution >= 0.6 is 0 Å². The van der Waals surface area contributed by atoms with E-state index in [9.17, 15) is 0 Å². The topological polar surface area (TPSA) is 44.5 Å². The molecule has 2 N–H and O–H groups in total. The predicted molar refractivity (Wildman–Crippen MR) is 75.6 cm³/mol. The van der Waals surface area contributed by atoms with E-state index in [-0.39, 0.29) is 6.04 Å². The van der Waals surface area contributed by atoms with Crippen molar-refractivity contribution in [1.82, 2.24) is 0 Å². The molecule has 0 amide bonds. The maximum Gasteiger partial charge on any atom is 0.168 e. The molecule has 3 nitrogen and oxygen atoms in total. The Bertz CT molecular complexity index is 622. The Morgan fingerprint density at radius 1 is 1.05 bits per heavy atom. The molecule has 0 heterocycles. The Labute approximate surface area is 113 Å². The molecule has 2 aromatic carbocycles. The lowest BCUT2D eigenvalue weighted by molar-refractivity contribution is 0.355. The molecule has 1 atom stereocenters. The Hall–Kier alpha value is -2.00. The van der Waals surface area contributed by atoms with Gasteiger partial charge in [-0.3, -0.25) is 0 Å². The van der Waals surface area contributed by atoms with E-state index in [1.807, 2.05) is 18.2 Å². The minimum absolute atomic E-state index is 0.0433. The lowest BCUT2D eigenvalue weighted by Crippen LogP contribution is -2.19. The second-order valence-corrected chi connectivity index (χ2v) is 4.73. The van der Waals surface area contributed by atoms with Gasteiger partial charge in [0, 0.05) is 11.6 Å². The van der Waals surface area contributed by atoms with Gasteiger partial charge in [0.2, 0.25) is 0 Å². The minimum atomic E-state index is 0.0433. The van der Waals surface area contributed by atoms with Gasteiger partial charge in [0.05, 0.1) is 14.2 Å². The van der Waals surface area contributed by atoms with Crippen LogP contribution in [0.3, 0.4) is 0 Å². The van der Waals surface area contributed by atoms with Gasteiger partial charge in [-0.05, 0) is 29.2 Å². The van der Waals surface area contributed by atoms with Crippen LogP contribution in [0.5, 0.6) is 11.5 Å². The molecule has 0 fully saturated rings. The van der Waals surface area contributed by atoms with Crippen molar-refractivity contribution in [3.63, 3.8) is 0 Å². The van der Waals surface area contributed by atoms with Gasteiger partial charge >= 0.3 is 0 Å².